The molecule has 1 heterocycles. The average Bonchev–Trinajstić information content (AvgIpc) is 2.42. The Kier molecular flexibility index (Phi) is 4.10. The van der Waals surface area contributed by atoms with Crippen LogP contribution in [0.2, 0.25) is 5.02 Å². The van der Waals surface area contributed by atoms with Gasteiger partial charge in [-0.3, -0.25) is 4.72 Å². The van der Waals surface area contributed by atoms with Crippen molar-refractivity contribution in [2.45, 2.75) is 11.8 Å². The highest BCUT2D eigenvalue weighted by Crippen LogP contribution is 2.22. The van der Waals surface area contributed by atoms with Crippen molar-refractivity contribution in [3.8, 4) is 6.01 Å². The molecule has 0 saturated carbocycles. The van der Waals surface area contributed by atoms with Gasteiger partial charge in [0.05, 0.1) is 30.1 Å². The third-order valence-corrected chi connectivity index (χ3v) is 4.26. The van der Waals surface area contributed by atoms with Crippen molar-refractivity contribution in [3.05, 3.63) is 41.2 Å². The van der Waals surface area contributed by atoms with Gasteiger partial charge in [0.1, 0.15) is 0 Å². The second kappa shape index (κ2) is 5.64. The van der Waals surface area contributed by atoms with Gasteiger partial charge in [-0.2, -0.15) is 0 Å². The van der Waals surface area contributed by atoms with Crippen LogP contribution in [0.25, 0.3) is 0 Å². The Balaban J connectivity index is 2.32. The zero-order valence-electron chi connectivity index (χ0n) is 10.8. The number of sulfonamides is 1. The molecule has 0 saturated heterocycles. The van der Waals surface area contributed by atoms with E-state index in [1.807, 2.05) is 0 Å². The van der Waals surface area contributed by atoms with Crippen molar-refractivity contribution in [2.75, 3.05) is 11.8 Å². The number of hydrogen-bond donors (Lipinski definition) is 1. The maximum Gasteiger partial charge on any atom is 0.316 e. The molecule has 0 amide bonds. The molecule has 0 aliphatic carbocycles. The van der Waals surface area contributed by atoms with Gasteiger partial charge in [-0.25, -0.2) is 18.4 Å². The van der Waals surface area contributed by atoms with E-state index in [-0.39, 0.29) is 16.6 Å². The van der Waals surface area contributed by atoms with Gasteiger partial charge in [0.2, 0.25) is 0 Å². The summed E-state index contributed by atoms with van der Waals surface area (Å²) < 4.78 is 31.7. The Hall–Kier alpha value is -1.86. The molecular weight excluding hydrogens is 302 g/mol. The lowest BCUT2D eigenvalue weighted by atomic mass is 10.2. The summed E-state index contributed by atoms with van der Waals surface area (Å²) in [4.78, 5) is 7.77. The zero-order chi connectivity index (χ0) is 14.8. The summed E-state index contributed by atoms with van der Waals surface area (Å²) in [7, 11) is -2.32. The fourth-order valence-electron chi connectivity index (χ4n) is 1.55. The molecule has 2 rings (SSSR count). The van der Waals surface area contributed by atoms with Crippen LogP contribution in [0.15, 0.2) is 35.5 Å². The van der Waals surface area contributed by atoms with Crippen molar-refractivity contribution in [1.29, 1.82) is 0 Å². The predicted molar refractivity (Wildman–Crippen MR) is 75.6 cm³/mol. The SMILES string of the molecule is COc1ncc(NS(=O)(=O)c2cc(Cl)ccc2C)cn1. The highest BCUT2D eigenvalue weighted by Gasteiger charge is 2.17. The fraction of sp³-hybridized carbons (Fsp3) is 0.167. The van der Waals surface area contributed by atoms with Crippen molar-refractivity contribution < 1.29 is 13.2 Å². The summed E-state index contributed by atoms with van der Waals surface area (Å²) in [6.45, 7) is 1.69. The molecule has 6 nitrogen and oxygen atoms in total. The number of methoxy groups -OCH3 is 1. The number of aromatic nitrogens is 2. The van der Waals surface area contributed by atoms with E-state index in [4.69, 9.17) is 16.3 Å². The number of hydrogen-bond acceptors (Lipinski definition) is 5. The summed E-state index contributed by atoms with van der Waals surface area (Å²) in [5.41, 5.74) is 0.835. The monoisotopic (exact) mass is 313 g/mol. The number of nitrogens with zero attached hydrogens (tertiary/aromatic N) is 2. The summed E-state index contributed by atoms with van der Waals surface area (Å²) >= 11 is 5.83. The molecule has 0 fully saturated rings. The van der Waals surface area contributed by atoms with E-state index >= 15 is 0 Å². The normalized spacial score (nSPS) is 11.2. The van der Waals surface area contributed by atoms with Crippen LogP contribution >= 0.6 is 11.6 Å². The lowest BCUT2D eigenvalue weighted by molar-refractivity contribution is 0.380. The maximum atomic E-state index is 12.3. The third-order valence-electron chi connectivity index (χ3n) is 2.50. The van der Waals surface area contributed by atoms with Gasteiger partial charge in [-0.15, -0.1) is 0 Å². The molecule has 20 heavy (non-hydrogen) atoms. The van der Waals surface area contributed by atoms with Crippen molar-refractivity contribution in [1.82, 2.24) is 9.97 Å². The Bertz CT molecular complexity index is 717. The first-order chi connectivity index (χ1) is 9.42. The third kappa shape index (κ3) is 3.17. The molecule has 0 atom stereocenters. The Morgan fingerprint density at radius 1 is 1.25 bits per heavy atom. The Morgan fingerprint density at radius 3 is 2.50 bits per heavy atom. The number of halogens is 1. The van der Waals surface area contributed by atoms with Crippen LogP contribution in [0, 0.1) is 6.92 Å². The first kappa shape index (κ1) is 14.5. The van der Waals surface area contributed by atoms with E-state index in [9.17, 15) is 8.42 Å². The van der Waals surface area contributed by atoms with Gasteiger partial charge in [-0.05, 0) is 24.6 Å². The minimum absolute atomic E-state index is 0.112. The summed E-state index contributed by atoms with van der Waals surface area (Å²) in [6.07, 6.45) is 2.65. The lowest BCUT2D eigenvalue weighted by Crippen LogP contribution is -2.14. The number of benzene rings is 1. The highest BCUT2D eigenvalue weighted by molar-refractivity contribution is 7.92. The predicted octanol–water partition coefficient (Wildman–Crippen LogP) is 2.25. The van der Waals surface area contributed by atoms with Crippen molar-refractivity contribution in [2.24, 2.45) is 0 Å². The van der Waals surface area contributed by atoms with E-state index in [1.54, 1.807) is 19.1 Å². The Labute approximate surface area is 121 Å². The van der Waals surface area contributed by atoms with E-state index < -0.39 is 10.0 Å². The topological polar surface area (TPSA) is 81.2 Å². The lowest BCUT2D eigenvalue weighted by Gasteiger charge is -2.10. The van der Waals surface area contributed by atoms with E-state index in [1.165, 1.54) is 25.6 Å². The first-order valence-corrected chi connectivity index (χ1v) is 7.43. The molecule has 8 heteroatoms. The van der Waals surface area contributed by atoms with E-state index in [0.29, 0.717) is 10.6 Å². The molecule has 0 unspecified atom stereocenters. The van der Waals surface area contributed by atoms with Crippen molar-refractivity contribution in [3.63, 3.8) is 0 Å². The van der Waals surface area contributed by atoms with Crippen LogP contribution < -0.4 is 9.46 Å². The van der Waals surface area contributed by atoms with Gasteiger partial charge in [-0.1, -0.05) is 17.7 Å². The number of ether oxygens (including phenoxy) is 1. The van der Waals surface area contributed by atoms with Crippen LogP contribution in [-0.4, -0.2) is 25.5 Å². The molecule has 2 aromatic rings. The summed E-state index contributed by atoms with van der Waals surface area (Å²) in [5, 5.41) is 0.349. The molecule has 106 valence electrons. The van der Waals surface area contributed by atoms with Gasteiger partial charge in [0.25, 0.3) is 10.0 Å². The second-order valence-corrected chi connectivity index (χ2v) is 6.06. The molecule has 0 radical (unpaired) electrons. The van der Waals surface area contributed by atoms with Crippen LogP contribution in [0.3, 0.4) is 0 Å². The number of nitrogens with one attached hydrogen (secondary N) is 1. The van der Waals surface area contributed by atoms with E-state index in [2.05, 4.69) is 14.7 Å². The quantitative estimate of drug-likeness (QED) is 0.936. The van der Waals surface area contributed by atoms with Gasteiger partial charge in [0, 0.05) is 5.02 Å². The molecule has 0 spiro atoms. The summed E-state index contributed by atoms with van der Waals surface area (Å²) in [5.74, 6) is 0. The van der Waals surface area contributed by atoms with Crippen LogP contribution in [0.4, 0.5) is 5.69 Å². The van der Waals surface area contributed by atoms with Crippen LogP contribution in [-0.2, 0) is 10.0 Å². The minimum Gasteiger partial charge on any atom is -0.467 e. The average molecular weight is 314 g/mol. The van der Waals surface area contributed by atoms with E-state index in [0.717, 1.165) is 0 Å². The minimum atomic E-state index is -3.74. The summed E-state index contributed by atoms with van der Waals surface area (Å²) in [6, 6.07) is 4.82. The first-order valence-electron chi connectivity index (χ1n) is 5.57. The zero-order valence-corrected chi connectivity index (χ0v) is 12.4. The largest absolute Gasteiger partial charge is 0.467 e. The number of aryl methyl sites for hydroxylation is 1. The molecule has 1 N–H and O–H groups in total. The molecular formula is C12H12ClN3O3S. The second-order valence-electron chi connectivity index (χ2n) is 3.97. The number of rotatable bonds is 4. The standard InChI is InChI=1S/C12H12ClN3O3S/c1-8-3-4-9(13)5-11(8)20(17,18)16-10-6-14-12(19-2)15-7-10/h3-7,16H,1-2H3. The fourth-order valence-corrected chi connectivity index (χ4v) is 3.08. The molecule has 1 aromatic carbocycles. The molecule has 0 aliphatic rings. The van der Waals surface area contributed by atoms with Crippen LogP contribution in [0.1, 0.15) is 5.56 Å². The smallest absolute Gasteiger partial charge is 0.316 e. The Morgan fingerprint density at radius 2 is 1.90 bits per heavy atom. The highest BCUT2D eigenvalue weighted by atomic mass is 35.5. The van der Waals surface area contributed by atoms with Gasteiger partial charge in [0.15, 0.2) is 0 Å². The maximum absolute atomic E-state index is 12.3. The molecule has 0 bridgehead atoms. The molecule has 0 aliphatic heterocycles. The van der Waals surface area contributed by atoms with Crippen LogP contribution in [0.5, 0.6) is 6.01 Å². The van der Waals surface area contributed by atoms with Gasteiger partial charge < -0.3 is 4.74 Å². The van der Waals surface area contributed by atoms with Gasteiger partial charge >= 0.3 is 6.01 Å². The van der Waals surface area contributed by atoms with Crippen molar-refractivity contribution >= 4 is 27.3 Å². The molecule has 1 aromatic heterocycles. The number of anilines is 1.